The number of hydrogen-bond donors (Lipinski definition) is 0. The van der Waals surface area contributed by atoms with Crippen LogP contribution in [-0.2, 0) is 11.5 Å². The van der Waals surface area contributed by atoms with E-state index in [1.54, 1.807) is 6.07 Å². The monoisotopic (exact) mass is 242 g/mol. The summed E-state index contributed by atoms with van der Waals surface area (Å²) in [7, 11) is 0. The van der Waals surface area contributed by atoms with Gasteiger partial charge in [-0.3, -0.25) is 0 Å². The highest BCUT2D eigenvalue weighted by atomic mass is 79.9. The first-order chi connectivity index (χ1) is 6.15. The van der Waals surface area contributed by atoms with Crippen molar-refractivity contribution in [3.63, 3.8) is 0 Å². The third-order valence-electron chi connectivity index (χ3n) is 1.56. The smallest absolute Gasteiger partial charge is 0.123 e. The summed E-state index contributed by atoms with van der Waals surface area (Å²) in [6.45, 7) is 4.42. The molecule has 0 saturated carbocycles. The molecule has 0 radical (unpaired) electrons. The summed E-state index contributed by atoms with van der Waals surface area (Å²) in [6, 6.07) is 3.84. The van der Waals surface area contributed by atoms with Crippen LogP contribution in [0.5, 0.6) is 0 Å². The van der Waals surface area contributed by atoms with Crippen molar-refractivity contribution in [2.45, 2.75) is 26.7 Å². The van der Waals surface area contributed by atoms with Crippen molar-refractivity contribution in [1.29, 1.82) is 5.26 Å². The van der Waals surface area contributed by atoms with Gasteiger partial charge in [0.2, 0.25) is 0 Å². The Kier molecular flexibility index (Phi) is 3.52. The van der Waals surface area contributed by atoms with E-state index < -0.39 is 0 Å². The quantitative estimate of drug-likeness (QED) is 0.817. The van der Waals surface area contributed by atoms with E-state index in [1.165, 1.54) is 0 Å². The molecule has 1 heterocycles. The van der Waals surface area contributed by atoms with E-state index in [1.807, 2.05) is 24.6 Å². The first kappa shape index (κ1) is 10.3. The van der Waals surface area contributed by atoms with Crippen LogP contribution in [-0.4, -0.2) is 10.7 Å². The summed E-state index contributed by atoms with van der Waals surface area (Å²) in [5.74, 6) is 0. The van der Waals surface area contributed by atoms with E-state index in [-0.39, 0.29) is 6.10 Å². The Labute approximate surface area is 86.0 Å². The Hall–Kier alpha value is -0.790. The molecular weight excluding hydrogens is 232 g/mol. The van der Waals surface area contributed by atoms with Gasteiger partial charge in [0.15, 0.2) is 0 Å². The van der Waals surface area contributed by atoms with Crippen LogP contribution in [0.2, 0.25) is 0 Å². The summed E-state index contributed by atoms with van der Waals surface area (Å²) in [5, 5.41) is 8.68. The molecule has 0 aromatic carbocycles. The van der Waals surface area contributed by atoms with E-state index in [9.17, 15) is 0 Å². The predicted molar refractivity (Wildman–Crippen MR) is 53.1 cm³/mol. The molecule has 0 N–H and O–H groups in total. The van der Waals surface area contributed by atoms with Crippen molar-refractivity contribution in [2.24, 2.45) is 0 Å². The van der Waals surface area contributed by atoms with Gasteiger partial charge in [-0.1, -0.05) is 0 Å². The topological polar surface area (TPSA) is 38.0 Å². The molecule has 0 aliphatic heterocycles. The lowest BCUT2D eigenvalue weighted by molar-refractivity contribution is 0.0277. The molecule has 70 valence electrons. The zero-order chi connectivity index (χ0) is 9.84. The normalized spacial score (nSPS) is 10.4. The maximum atomic E-state index is 8.68. The van der Waals surface area contributed by atoms with Gasteiger partial charge >= 0.3 is 0 Å². The lowest BCUT2D eigenvalue weighted by Crippen LogP contribution is -2.07. The fourth-order valence-electron chi connectivity index (χ4n) is 0.866. The number of nitriles is 1. The number of rotatable bonds is 3. The van der Waals surface area contributed by atoms with E-state index in [0.29, 0.717) is 12.3 Å². The van der Waals surface area contributed by atoms with E-state index in [4.69, 9.17) is 10.00 Å². The van der Waals surface area contributed by atoms with Crippen molar-refractivity contribution in [1.82, 2.24) is 4.57 Å². The average Bonchev–Trinajstić information content (AvgIpc) is 2.43. The zero-order valence-electron chi connectivity index (χ0n) is 7.62. The highest BCUT2D eigenvalue weighted by Gasteiger charge is 2.05. The van der Waals surface area contributed by atoms with Crippen molar-refractivity contribution in [3.05, 3.63) is 22.4 Å². The van der Waals surface area contributed by atoms with Crippen molar-refractivity contribution >= 4 is 15.9 Å². The molecule has 1 aromatic heterocycles. The summed E-state index contributed by atoms with van der Waals surface area (Å²) in [4.78, 5) is 0. The van der Waals surface area contributed by atoms with Crippen molar-refractivity contribution < 1.29 is 4.74 Å². The minimum atomic E-state index is 0.194. The maximum absolute atomic E-state index is 8.68. The molecule has 4 heteroatoms. The summed E-state index contributed by atoms with van der Waals surface area (Å²) < 4.78 is 8.01. The zero-order valence-corrected chi connectivity index (χ0v) is 9.21. The minimum Gasteiger partial charge on any atom is -0.358 e. The van der Waals surface area contributed by atoms with Crippen molar-refractivity contribution in [2.75, 3.05) is 0 Å². The third kappa shape index (κ3) is 2.58. The molecule has 3 nitrogen and oxygen atoms in total. The highest BCUT2D eigenvalue weighted by Crippen LogP contribution is 2.17. The van der Waals surface area contributed by atoms with E-state index in [0.717, 1.165) is 4.60 Å². The van der Waals surface area contributed by atoms with Gasteiger partial charge in [-0.05, 0) is 35.8 Å². The van der Waals surface area contributed by atoms with Crippen LogP contribution in [0.4, 0.5) is 0 Å². The Morgan fingerprint density at radius 1 is 1.69 bits per heavy atom. The van der Waals surface area contributed by atoms with Crippen LogP contribution < -0.4 is 0 Å². The minimum absolute atomic E-state index is 0.194. The summed E-state index contributed by atoms with van der Waals surface area (Å²) >= 11 is 3.32. The first-order valence-electron chi connectivity index (χ1n) is 4.01. The van der Waals surface area contributed by atoms with Gasteiger partial charge in [0.25, 0.3) is 0 Å². The van der Waals surface area contributed by atoms with Crippen LogP contribution in [0, 0.1) is 11.3 Å². The van der Waals surface area contributed by atoms with Gasteiger partial charge in [-0.25, -0.2) is 0 Å². The van der Waals surface area contributed by atoms with E-state index >= 15 is 0 Å². The van der Waals surface area contributed by atoms with Crippen LogP contribution >= 0.6 is 15.9 Å². The van der Waals surface area contributed by atoms with Gasteiger partial charge in [-0.15, -0.1) is 0 Å². The Balaban J connectivity index is 2.69. The fraction of sp³-hybridized carbons (Fsp3) is 0.444. The Bertz CT molecular complexity index is 325. The summed E-state index contributed by atoms with van der Waals surface area (Å²) in [6.07, 6.45) is 2.02. The number of nitrogens with zero attached hydrogens (tertiary/aromatic N) is 2. The molecule has 0 saturated heterocycles. The van der Waals surface area contributed by atoms with Crippen LogP contribution in [0.3, 0.4) is 0 Å². The molecule has 0 fully saturated rings. The molecule has 13 heavy (non-hydrogen) atoms. The fourth-order valence-corrected chi connectivity index (χ4v) is 1.31. The SMILES string of the molecule is CC(C)OCn1ccc(C#N)c1Br. The second-order valence-electron chi connectivity index (χ2n) is 2.95. The number of hydrogen-bond acceptors (Lipinski definition) is 2. The second kappa shape index (κ2) is 4.45. The van der Waals surface area contributed by atoms with Gasteiger partial charge in [0.1, 0.15) is 17.4 Å². The summed E-state index contributed by atoms with van der Waals surface area (Å²) in [5.41, 5.74) is 0.632. The standard InChI is InChI=1S/C9H11BrN2O/c1-7(2)13-6-12-4-3-8(5-11)9(12)10/h3-4,7H,6H2,1-2H3. The number of ether oxygens (including phenoxy) is 1. The molecule has 0 aliphatic rings. The first-order valence-corrected chi connectivity index (χ1v) is 4.80. The van der Waals surface area contributed by atoms with Crippen molar-refractivity contribution in [3.8, 4) is 6.07 Å². The highest BCUT2D eigenvalue weighted by molar-refractivity contribution is 9.10. The van der Waals surface area contributed by atoms with E-state index in [2.05, 4.69) is 22.0 Å². The molecule has 0 unspecified atom stereocenters. The van der Waals surface area contributed by atoms with Gasteiger partial charge < -0.3 is 9.30 Å². The number of halogens is 1. The lowest BCUT2D eigenvalue weighted by atomic mass is 10.4. The molecule has 0 aliphatic carbocycles. The molecule has 1 rings (SSSR count). The van der Waals surface area contributed by atoms with Gasteiger partial charge in [-0.2, -0.15) is 5.26 Å². The maximum Gasteiger partial charge on any atom is 0.123 e. The predicted octanol–water partition coefficient (Wildman–Crippen LogP) is 2.50. The Morgan fingerprint density at radius 2 is 2.38 bits per heavy atom. The molecule has 0 spiro atoms. The van der Waals surface area contributed by atoms with Crippen LogP contribution in [0.25, 0.3) is 0 Å². The molecule has 0 atom stereocenters. The lowest BCUT2D eigenvalue weighted by Gasteiger charge is -2.09. The molecular formula is C9H11BrN2O. The number of aromatic nitrogens is 1. The van der Waals surface area contributed by atoms with Gasteiger partial charge in [0, 0.05) is 6.20 Å². The average molecular weight is 243 g/mol. The largest absolute Gasteiger partial charge is 0.358 e. The Morgan fingerprint density at radius 3 is 2.85 bits per heavy atom. The van der Waals surface area contributed by atoms with Crippen LogP contribution in [0.1, 0.15) is 19.4 Å². The second-order valence-corrected chi connectivity index (χ2v) is 3.70. The molecule has 0 bridgehead atoms. The molecule has 0 amide bonds. The third-order valence-corrected chi connectivity index (χ3v) is 2.45. The van der Waals surface area contributed by atoms with Crippen LogP contribution in [0.15, 0.2) is 16.9 Å². The van der Waals surface area contributed by atoms with Gasteiger partial charge in [0.05, 0.1) is 11.7 Å². The molecule has 1 aromatic rings.